The molecule has 1 aliphatic rings. The molecule has 1 fully saturated rings. The summed E-state index contributed by atoms with van der Waals surface area (Å²) in [6.45, 7) is 2.35. The highest BCUT2D eigenvalue weighted by Crippen LogP contribution is 2.19. The Bertz CT molecular complexity index is 730. The van der Waals surface area contributed by atoms with Gasteiger partial charge in [-0.15, -0.1) is 12.4 Å². The number of imide groups is 1. The van der Waals surface area contributed by atoms with Gasteiger partial charge in [-0.1, -0.05) is 17.3 Å². The van der Waals surface area contributed by atoms with Crippen molar-refractivity contribution in [2.75, 3.05) is 13.6 Å². The number of aromatic nitrogens is 2. The minimum atomic E-state index is -0.357. The molecule has 1 atom stereocenters. The normalized spacial score (nSPS) is 15.0. The average molecular weight is 366 g/mol. The molecule has 9 heteroatoms. The van der Waals surface area contributed by atoms with Gasteiger partial charge in [0.05, 0.1) is 13.1 Å². The minimum absolute atomic E-state index is 0. The van der Waals surface area contributed by atoms with Crippen molar-refractivity contribution < 1.29 is 14.1 Å². The Balaban J connectivity index is 0.00000225. The first-order valence-corrected chi connectivity index (χ1v) is 7.74. The lowest BCUT2D eigenvalue weighted by Gasteiger charge is -2.12. The van der Waals surface area contributed by atoms with Crippen LogP contribution < -0.4 is 10.6 Å². The van der Waals surface area contributed by atoms with Crippen LogP contribution in [-0.4, -0.2) is 46.6 Å². The van der Waals surface area contributed by atoms with Gasteiger partial charge in [0.2, 0.25) is 5.91 Å². The summed E-state index contributed by atoms with van der Waals surface area (Å²) in [5.74, 6) is 0.884. The Morgan fingerprint density at radius 1 is 1.32 bits per heavy atom. The maximum absolute atomic E-state index is 11.6. The van der Waals surface area contributed by atoms with Crippen molar-refractivity contribution in [3.63, 3.8) is 0 Å². The van der Waals surface area contributed by atoms with E-state index >= 15 is 0 Å². The zero-order chi connectivity index (χ0) is 17.1. The molecular weight excluding hydrogens is 346 g/mol. The first kappa shape index (κ1) is 18.9. The number of benzene rings is 1. The van der Waals surface area contributed by atoms with E-state index in [2.05, 4.69) is 20.8 Å². The lowest BCUT2D eigenvalue weighted by molar-refractivity contribution is -0.125. The summed E-state index contributed by atoms with van der Waals surface area (Å²) in [6, 6.07) is 7.27. The number of nitrogens with zero attached hydrogens (tertiary/aromatic N) is 3. The second-order valence-corrected chi connectivity index (χ2v) is 5.75. The largest absolute Gasteiger partial charge is 0.334 e. The number of nitrogens with one attached hydrogen (secondary N) is 2. The van der Waals surface area contributed by atoms with Crippen LogP contribution in [0.1, 0.15) is 18.3 Å². The molecule has 0 spiro atoms. The van der Waals surface area contributed by atoms with Crippen LogP contribution in [0.25, 0.3) is 11.5 Å². The number of amides is 3. The lowest BCUT2D eigenvalue weighted by atomic mass is 10.1. The molecule has 1 aliphatic heterocycles. The van der Waals surface area contributed by atoms with E-state index in [-0.39, 0.29) is 43.5 Å². The highest BCUT2D eigenvalue weighted by Gasteiger charge is 2.28. The van der Waals surface area contributed by atoms with Gasteiger partial charge in [-0.2, -0.15) is 4.98 Å². The molecule has 1 aromatic carbocycles. The Kier molecular flexibility index (Phi) is 6.11. The van der Waals surface area contributed by atoms with Crippen molar-refractivity contribution in [3.8, 4) is 11.5 Å². The maximum atomic E-state index is 11.6. The van der Waals surface area contributed by atoms with E-state index in [0.717, 1.165) is 11.1 Å². The van der Waals surface area contributed by atoms with Gasteiger partial charge in [0.25, 0.3) is 5.89 Å². The van der Waals surface area contributed by atoms with Gasteiger partial charge in [-0.05, 0) is 31.7 Å². The highest BCUT2D eigenvalue weighted by atomic mass is 35.5. The van der Waals surface area contributed by atoms with E-state index in [1.807, 2.05) is 38.2 Å². The minimum Gasteiger partial charge on any atom is -0.334 e. The highest BCUT2D eigenvalue weighted by molar-refractivity contribution is 6.01. The van der Waals surface area contributed by atoms with Gasteiger partial charge in [-0.3, -0.25) is 9.69 Å². The summed E-state index contributed by atoms with van der Waals surface area (Å²) in [7, 11) is 1.88. The molecule has 0 radical (unpaired) electrons. The molecule has 3 rings (SSSR count). The van der Waals surface area contributed by atoms with Crippen LogP contribution in [0.5, 0.6) is 0 Å². The molecule has 134 valence electrons. The molecule has 0 bridgehead atoms. The Labute approximate surface area is 151 Å². The lowest BCUT2D eigenvalue weighted by Crippen LogP contribution is -2.30. The molecule has 8 nitrogen and oxygen atoms in total. The molecule has 3 amide bonds. The first-order valence-electron chi connectivity index (χ1n) is 7.74. The molecule has 1 saturated heterocycles. The fraction of sp³-hybridized carbons (Fsp3) is 0.375. The van der Waals surface area contributed by atoms with E-state index in [0.29, 0.717) is 18.1 Å². The Morgan fingerprint density at radius 3 is 2.64 bits per heavy atom. The standard InChI is InChI=1S/C16H19N5O3.ClH/c1-10(17-2)7-13-19-15(24-20-13)12-5-3-11(4-6-12)9-21-14(22)8-18-16(21)23;/h3-6,10,17H,7-9H2,1-2H3,(H,18,23);1H. The van der Waals surface area contributed by atoms with E-state index in [4.69, 9.17) is 4.52 Å². The van der Waals surface area contributed by atoms with Gasteiger partial charge in [0.15, 0.2) is 5.82 Å². The summed E-state index contributed by atoms with van der Waals surface area (Å²) in [5, 5.41) is 9.60. The SMILES string of the molecule is CNC(C)Cc1noc(-c2ccc(CN3C(=O)CNC3=O)cc2)n1.Cl. The third-order valence-corrected chi connectivity index (χ3v) is 3.93. The fourth-order valence-electron chi connectivity index (χ4n) is 2.38. The van der Waals surface area contributed by atoms with E-state index in [1.165, 1.54) is 4.90 Å². The molecule has 2 aromatic rings. The number of rotatable bonds is 6. The van der Waals surface area contributed by atoms with E-state index < -0.39 is 0 Å². The van der Waals surface area contributed by atoms with E-state index in [1.54, 1.807) is 0 Å². The Morgan fingerprint density at radius 2 is 2.04 bits per heavy atom. The van der Waals surface area contributed by atoms with Crippen LogP contribution in [-0.2, 0) is 17.8 Å². The molecule has 0 saturated carbocycles. The number of likely N-dealkylation sites (N-methyl/N-ethyl adjacent to an activating group) is 1. The number of carbonyl (C=O) groups is 2. The summed E-state index contributed by atoms with van der Waals surface area (Å²) < 4.78 is 5.29. The summed E-state index contributed by atoms with van der Waals surface area (Å²) in [4.78, 5) is 28.7. The van der Waals surface area contributed by atoms with Crippen molar-refractivity contribution >= 4 is 24.3 Å². The second kappa shape index (κ2) is 8.09. The number of urea groups is 1. The van der Waals surface area contributed by atoms with Crippen molar-refractivity contribution in [2.24, 2.45) is 0 Å². The van der Waals surface area contributed by atoms with Gasteiger partial charge < -0.3 is 15.2 Å². The van der Waals surface area contributed by atoms with Crippen molar-refractivity contribution in [1.82, 2.24) is 25.7 Å². The van der Waals surface area contributed by atoms with Gasteiger partial charge >= 0.3 is 6.03 Å². The van der Waals surface area contributed by atoms with Gasteiger partial charge in [-0.25, -0.2) is 4.79 Å². The number of hydrogen-bond acceptors (Lipinski definition) is 6. The van der Waals surface area contributed by atoms with Crippen molar-refractivity contribution in [3.05, 3.63) is 35.7 Å². The third kappa shape index (κ3) is 4.34. The monoisotopic (exact) mass is 365 g/mol. The average Bonchev–Trinajstić information content (AvgIpc) is 3.17. The van der Waals surface area contributed by atoms with Crippen LogP contribution in [0.3, 0.4) is 0 Å². The van der Waals surface area contributed by atoms with Crippen LogP contribution in [0.15, 0.2) is 28.8 Å². The molecule has 1 aromatic heterocycles. The number of carbonyl (C=O) groups excluding carboxylic acids is 2. The number of halogens is 1. The molecule has 0 aliphatic carbocycles. The predicted octanol–water partition coefficient (Wildman–Crippen LogP) is 1.36. The Hall–Kier alpha value is -2.45. The van der Waals surface area contributed by atoms with Crippen LogP contribution in [0.2, 0.25) is 0 Å². The summed E-state index contributed by atoms with van der Waals surface area (Å²) in [5.41, 5.74) is 1.65. The quantitative estimate of drug-likeness (QED) is 0.750. The molecule has 2 heterocycles. The molecule has 2 N–H and O–H groups in total. The van der Waals surface area contributed by atoms with Crippen molar-refractivity contribution in [2.45, 2.75) is 25.9 Å². The summed E-state index contributed by atoms with van der Waals surface area (Å²) in [6.07, 6.45) is 0.685. The third-order valence-electron chi connectivity index (χ3n) is 3.93. The number of hydrogen-bond donors (Lipinski definition) is 2. The second-order valence-electron chi connectivity index (χ2n) is 5.75. The first-order chi connectivity index (χ1) is 11.6. The zero-order valence-electron chi connectivity index (χ0n) is 14.0. The molecular formula is C16H20ClN5O3. The van der Waals surface area contributed by atoms with E-state index in [9.17, 15) is 9.59 Å². The fourth-order valence-corrected chi connectivity index (χ4v) is 2.38. The van der Waals surface area contributed by atoms with Gasteiger partial charge in [0.1, 0.15) is 0 Å². The van der Waals surface area contributed by atoms with Crippen LogP contribution >= 0.6 is 12.4 Å². The molecule has 25 heavy (non-hydrogen) atoms. The maximum Gasteiger partial charge on any atom is 0.324 e. The van der Waals surface area contributed by atoms with Crippen molar-refractivity contribution in [1.29, 1.82) is 0 Å². The topological polar surface area (TPSA) is 100 Å². The van der Waals surface area contributed by atoms with Crippen LogP contribution in [0, 0.1) is 0 Å². The van der Waals surface area contributed by atoms with Gasteiger partial charge in [0, 0.05) is 18.0 Å². The summed E-state index contributed by atoms with van der Waals surface area (Å²) >= 11 is 0. The van der Waals surface area contributed by atoms with Crippen LogP contribution in [0.4, 0.5) is 4.79 Å². The molecule has 1 unspecified atom stereocenters. The smallest absolute Gasteiger partial charge is 0.324 e. The zero-order valence-corrected chi connectivity index (χ0v) is 14.8. The predicted molar refractivity (Wildman–Crippen MR) is 93.2 cm³/mol.